The molecule has 0 unspecified atom stereocenters. The number of hydrogen-bond acceptors (Lipinski definition) is 3. The summed E-state index contributed by atoms with van der Waals surface area (Å²) < 4.78 is 32.2. The fourth-order valence-electron chi connectivity index (χ4n) is 1.72. The maximum absolute atomic E-state index is 12.3. The van der Waals surface area contributed by atoms with Gasteiger partial charge in [0.1, 0.15) is 5.75 Å². The van der Waals surface area contributed by atoms with Gasteiger partial charge in [-0.2, -0.15) is 0 Å². The van der Waals surface area contributed by atoms with Gasteiger partial charge in [0.15, 0.2) is 0 Å². The number of nitrogens with one attached hydrogen (secondary N) is 1. The lowest BCUT2D eigenvalue weighted by Gasteiger charge is -2.12. The van der Waals surface area contributed by atoms with Crippen LogP contribution in [0.15, 0.2) is 47.4 Å². The number of sulfonamides is 1. The second kappa shape index (κ2) is 5.73. The third-order valence-electron chi connectivity index (χ3n) is 2.71. The Morgan fingerprint density at radius 2 is 1.90 bits per heavy atom. The molecule has 0 amide bonds. The lowest BCUT2D eigenvalue weighted by atomic mass is 10.2. The van der Waals surface area contributed by atoms with Crippen molar-refractivity contribution in [2.24, 2.45) is 0 Å². The van der Waals surface area contributed by atoms with E-state index in [1.54, 1.807) is 30.3 Å². The van der Waals surface area contributed by atoms with Crippen LogP contribution in [-0.4, -0.2) is 15.5 Å². The van der Waals surface area contributed by atoms with Crippen LogP contribution in [0, 0.1) is 6.92 Å². The fourth-order valence-corrected chi connectivity index (χ4v) is 3.09. The maximum atomic E-state index is 12.3. The van der Waals surface area contributed by atoms with Gasteiger partial charge < -0.3 is 4.74 Å². The predicted molar refractivity (Wildman–Crippen MR) is 80.0 cm³/mol. The molecule has 0 atom stereocenters. The van der Waals surface area contributed by atoms with Crippen molar-refractivity contribution in [3.8, 4) is 5.75 Å². The number of hydrogen-bond donors (Lipinski definition) is 1. The van der Waals surface area contributed by atoms with Gasteiger partial charge >= 0.3 is 0 Å². The summed E-state index contributed by atoms with van der Waals surface area (Å²) in [4.78, 5) is 0.104. The average molecular weight is 312 g/mol. The van der Waals surface area contributed by atoms with E-state index in [1.807, 2.05) is 6.92 Å². The highest BCUT2D eigenvalue weighted by Crippen LogP contribution is 2.28. The second-order valence-corrected chi connectivity index (χ2v) is 6.39. The third kappa shape index (κ3) is 3.23. The van der Waals surface area contributed by atoms with Crippen molar-refractivity contribution in [1.29, 1.82) is 0 Å². The van der Waals surface area contributed by atoms with Crippen LogP contribution in [0.4, 0.5) is 5.69 Å². The summed E-state index contributed by atoms with van der Waals surface area (Å²) in [5.41, 5.74) is 1.37. The van der Waals surface area contributed by atoms with E-state index in [2.05, 4.69) is 4.72 Å². The lowest BCUT2D eigenvalue weighted by molar-refractivity contribution is 0.416. The molecule has 2 aromatic rings. The number of ether oxygens (including phenoxy) is 1. The zero-order valence-corrected chi connectivity index (χ0v) is 12.6. The molecule has 106 valence electrons. The van der Waals surface area contributed by atoms with E-state index in [9.17, 15) is 8.42 Å². The van der Waals surface area contributed by atoms with E-state index >= 15 is 0 Å². The molecule has 2 rings (SSSR count). The highest BCUT2D eigenvalue weighted by atomic mass is 35.5. The molecule has 0 aliphatic rings. The Kier molecular flexibility index (Phi) is 4.20. The van der Waals surface area contributed by atoms with Gasteiger partial charge in [-0.05, 0) is 42.8 Å². The Hall–Kier alpha value is -1.72. The molecule has 1 N–H and O–H groups in total. The summed E-state index contributed by atoms with van der Waals surface area (Å²) in [6.45, 7) is 1.90. The zero-order valence-electron chi connectivity index (χ0n) is 11.1. The van der Waals surface area contributed by atoms with Crippen molar-refractivity contribution in [2.45, 2.75) is 11.8 Å². The van der Waals surface area contributed by atoms with Crippen LogP contribution < -0.4 is 9.46 Å². The molecule has 0 spiro atoms. The van der Waals surface area contributed by atoms with Crippen LogP contribution in [-0.2, 0) is 10.0 Å². The molecular formula is C14H14ClNO3S. The van der Waals surface area contributed by atoms with Crippen LogP contribution in [0.25, 0.3) is 0 Å². The Balaban J connectivity index is 2.38. The van der Waals surface area contributed by atoms with Gasteiger partial charge in [-0.3, -0.25) is 4.72 Å². The van der Waals surface area contributed by atoms with E-state index in [-0.39, 0.29) is 4.90 Å². The Bertz CT molecular complexity index is 729. The maximum Gasteiger partial charge on any atom is 0.262 e. The van der Waals surface area contributed by atoms with E-state index < -0.39 is 10.0 Å². The first-order valence-corrected chi connectivity index (χ1v) is 7.71. The topological polar surface area (TPSA) is 55.4 Å². The highest BCUT2D eigenvalue weighted by molar-refractivity contribution is 7.92. The molecule has 0 bridgehead atoms. The molecule has 0 fully saturated rings. The Morgan fingerprint density at radius 1 is 1.15 bits per heavy atom. The SMILES string of the molecule is COc1cc(C)ccc1NS(=O)(=O)c1cccc(Cl)c1. The zero-order chi connectivity index (χ0) is 14.8. The van der Waals surface area contributed by atoms with Crippen LogP contribution >= 0.6 is 11.6 Å². The van der Waals surface area contributed by atoms with Gasteiger partial charge in [0, 0.05) is 5.02 Å². The quantitative estimate of drug-likeness (QED) is 0.940. The minimum Gasteiger partial charge on any atom is -0.495 e. The van der Waals surface area contributed by atoms with Crippen LogP contribution in [0.2, 0.25) is 5.02 Å². The summed E-state index contributed by atoms with van der Waals surface area (Å²) in [5, 5.41) is 0.365. The highest BCUT2D eigenvalue weighted by Gasteiger charge is 2.16. The molecule has 0 aromatic heterocycles. The first-order chi connectivity index (χ1) is 9.42. The first-order valence-electron chi connectivity index (χ1n) is 5.85. The molecule has 0 aliphatic carbocycles. The predicted octanol–water partition coefficient (Wildman–Crippen LogP) is 3.46. The van der Waals surface area contributed by atoms with Crippen molar-refractivity contribution in [1.82, 2.24) is 0 Å². The number of benzene rings is 2. The number of methoxy groups -OCH3 is 1. The monoisotopic (exact) mass is 311 g/mol. The van der Waals surface area contributed by atoms with Crippen molar-refractivity contribution in [3.63, 3.8) is 0 Å². The molecule has 0 saturated heterocycles. The fraction of sp³-hybridized carbons (Fsp3) is 0.143. The summed E-state index contributed by atoms with van der Waals surface area (Å²) >= 11 is 5.82. The number of halogens is 1. The molecule has 0 aliphatic heterocycles. The summed E-state index contributed by atoms with van der Waals surface area (Å²) in [5.74, 6) is 0.468. The molecular weight excluding hydrogens is 298 g/mol. The van der Waals surface area contributed by atoms with E-state index in [0.29, 0.717) is 16.5 Å². The Labute approximate surface area is 123 Å². The van der Waals surface area contributed by atoms with Gasteiger partial charge in [0.2, 0.25) is 0 Å². The van der Waals surface area contributed by atoms with Crippen molar-refractivity contribution in [2.75, 3.05) is 11.8 Å². The van der Waals surface area contributed by atoms with Crippen molar-refractivity contribution >= 4 is 27.3 Å². The minimum absolute atomic E-state index is 0.104. The third-order valence-corrected chi connectivity index (χ3v) is 4.31. The minimum atomic E-state index is -3.70. The molecule has 0 radical (unpaired) electrons. The van der Waals surface area contributed by atoms with E-state index in [1.165, 1.54) is 19.2 Å². The van der Waals surface area contributed by atoms with E-state index in [4.69, 9.17) is 16.3 Å². The van der Waals surface area contributed by atoms with Gasteiger partial charge in [-0.15, -0.1) is 0 Å². The van der Waals surface area contributed by atoms with Gasteiger partial charge in [0.05, 0.1) is 17.7 Å². The van der Waals surface area contributed by atoms with Gasteiger partial charge in [0.25, 0.3) is 10.0 Å². The molecule has 6 heteroatoms. The largest absolute Gasteiger partial charge is 0.495 e. The van der Waals surface area contributed by atoms with Crippen LogP contribution in [0.3, 0.4) is 0 Å². The number of anilines is 1. The number of aryl methyl sites for hydroxylation is 1. The molecule has 4 nitrogen and oxygen atoms in total. The van der Waals surface area contributed by atoms with Crippen molar-refractivity contribution < 1.29 is 13.2 Å². The van der Waals surface area contributed by atoms with Crippen LogP contribution in [0.5, 0.6) is 5.75 Å². The molecule has 20 heavy (non-hydrogen) atoms. The van der Waals surface area contributed by atoms with Gasteiger partial charge in [-0.1, -0.05) is 23.7 Å². The summed E-state index contributed by atoms with van der Waals surface area (Å²) in [6.07, 6.45) is 0. The van der Waals surface area contributed by atoms with E-state index in [0.717, 1.165) is 5.56 Å². The second-order valence-electron chi connectivity index (χ2n) is 4.27. The number of rotatable bonds is 4. The Morgan fingerprint density at radius 3 is 2.55 bits per heavy atom. The summed E-state index contributed by atoms with van der Waals surface area (Å²) in [7, 11) is -2.20. The molecule has 2 aromatic carbocycles. The average Bonchev–Trinajstić information content (AvgIpc) is 2.40. The standard InChI is InChI=1S/C14H14ClNO3S/c1-10-6-7-13(14(8-10)19-2)16-20(17,18)12-5-3-4-11(15)9-12/h3-9,16H,1-2H3. The molecule has 0 heterocycles. The lowest BCUT2D eigenvalue weighted by Crippen LogP contribution is -2.13. The normalized spacial score (nSPS) is 11.2. The smallest absolute Gasteiger partial charge is 0.262 e. The summed E-state index contributed by atoms with van der Waals surface area (Å²) in [6, 6.07) is 11.3. The molecule has 0 saturated carbocycles. The van der Waals surface area contributed by atoms with Crippen LogP contribution in [0.1, 0.15) is 5.56 Å². The van der Waals surface area contributed by atoms with Gasteiger partial charge in [-0.25, -0.2) is 8.42 Å². The van der Waals surface area contributed by atoms with Crippen molar-refractivity contribution in [3.05, 3.63) is 53.1 Å². The first kappa shape index (κ1) is 14.7.